The van der Waals surface area contributed by atoms with E-state index in [0.29, 0.717) is 6.04 Å². The van der Waals surface area contributed by atoms with Gasteiger partial charge in [0.05, 0.1) is 11.6 Å². The number of fused-ring (bicyclic) bond motifs is 6. The molecule has 1 aromatic rings. The smallest absolute Gasteiger partial charge is 0.0736 e. The molecule has 0 fully saturated rings. The zero-order valence-electron chi connectivity index (χ0n) is 11.7. The van der Waals surface area contributed by atoms with Crippen LogP contribution < -0.4 is 0 Å². The molecule has 3 unspecified atom stereocenters. The molecule has 1 aromatic carbocycles. The van der Waals surface area contributed by atoms with E-state index in [1.807, 2.05) is 0 Å². The Morgan fingerprint density at radius 1 is 1.11 bits per heavy atom. The molecule has 1 heteroatoms. The van der Waals surface area contributed by atoms with Crippen molar-refractivity contribution < 1.29 is 0 Å². The number of hydrogen-bond donors (Lipinski definition) is 0. The van der Waals surface area contributed by atoms with Crippen LogP contribution in [0.25, 0.3) is 0 Å². The van der Waals surface area contributed by atoms with E-state index in [9.17, 15) is 0 Å². The van der Waals surface area contributed by atoms with E-state index in [1.165, 1.54) is 16.7 Å². The molecule has 0 saturated heterocycles. The van der Waals surface area contributed by atoms with Crippen LogP contribution in [0.3, 0.4) is 0 Å². The second-order valence-corrected chi connectivity index (χ2v) is 6.35. The molecular formula is C18H19N. The Hall–Kier alpha value is -1.76. The fraction of sp³-hybridized carbons (Fsp3) is 0.333. The first-order chi connectivity index (χ1) is 9.06. The Labute approximate surface area is 114 Å². The highest BCUT2D eigenvalue weighted by Gasteiger charge is 2.57. The molecule has 2 aliphatic heterocycles. The van der Waals surface area contributed by atoms with Gasteiger partial charge in [0.25, 0.3) is 0 Å². The fourth-order valence-electron chi connectivity index (χ4n) is 3.87. The van der Waals surface area contributed by atoms with Crippen LogP contribution in [-0.4, -0.2) is 10.4 Å². The highest BCUT2D eigenvalue weighted by Crippen LogP contribution is 2.57. The van der Waals surface area contributed by atoms with Crippen molar-refractivity contribution in [2.45, 2.75) is 37.8 Å². The molecule has 0 spiro atoms. The third-order valence-corrected chi connectivity index (χ3v) is 5.35. The maximum atomic E-state index is 2.53. The van der Waals surface area contributed by atoms with Crippen molar-refractivity contribution >= 4 is 0 Å². The monoisotopic (exact) mass is 249 g/mol. The molecule has 0 bridgehead atoms. The molecule has 96 valence electrons. The molecule has 1 aliphatic carbocycles. The van der Waals surface area contributed by atoms with E-state index in [2.05, 4.69) is 80.4 Å². The molecule has 1 nitrogen and oxygen atoms in total. The normalized spacial score (nSPS) is 37.9. The Balaban J connectivity index is 2.01. The molecule has 19 heavy (non-hydrogen) atoms. The summed E-state index contributed by atoms with van der Waals surface area (Å²) in [6.45, 7) is 6.90. The molecule has 2 heterocycles. The predicted octanol–water partition coefficient (Wildman–Crippen LogP) is 4.10. The molecule has 4 rings (SSSR count). The Bertz CT molecular complexity index is 651. The summed E-state index contributed by atoms with van der Waals surface area (Å²) in [5, 5.41) is 0. The molecule has 0 radical (unpaired) electrons. The van der Waals surface area contributed by atoms with Crippen LogP contribution in [0.4, 0.5) is 0 Å². The van der Waals surface area contributed by atoms with E-state index < -0.39 is 0 Å². The Morgan fingerprint density at radius 3 is 2.63 bits per heavy atom. The van der Waals surface area contributed by atoms with Crippen molar-refractivity contribution in [1.82, 2.24) is 4.90 Å². The zero-order valence-corrected chi connectivity index (χ0v) is 11.7. The number of rotatable bonds is 0. The maximum absolute atomic E-state index is 2.53. The van der Waals surface area contributed by atoms with Crippen LogP contribution in [-0.2, 0) is 5.41 Å². The van der Waals surface area contributed by atoms with E-state index in [1.54, 1.807) is 0 Å². The van der Waals surface area contributed by atoms with Gasteiger partial charge in [-0.3, -0.25) is 0 Å². The van der Waals surface area contributed by atoms with Gasteiger partial charge in [0, 0.05) is 11.6 Å². The summed E-state index contributed by atoms with van der Waals surface area (Å²) in [6.07, 6.45) is 11.6. The van der Waals surface area contributed by atoms with Gasteiger partial charge in [0.1, 0.15) is 0 Å². The van der Waals surface area contributed by atoms with E-state index >= 15 is 0 Å². The minimum absolute atomic E-state index is 0.0953. The first-order valence-electron chi connectivity index (χ1n) is 7.01. The summed E-state index contributed by atoms with van der Waals surface area (Å²) < 4.78 is 0. The van der Waals surface area contributed by atoms with Crippen LogP contribution in [0, 0.1) is 0 Å². The molecule has 0 aromatic heterocycles. The number of allylic oxidation sites excluding steroid dienone is 2. The van der Waals surface area contributed by atoms with Gasteiger partial charge in [0.15, 0.2) is 0 Å². The summed E-state index contributed by atoms with van der Waals surface area (Å²) in [7, 11) is 0. The van der Waals surface area contributed by atoms with Crippen molar-refractivity contribution in [3.63, 3.8) is 0 Å². The minimum Gasteiger partial charge on any atom is -0.357 e. The summed E-state index contributed by atoms with van der Waals surface area (Å²) >= 11 is 0. The molecule has 0 N–H and O–H groups in total. The lowest BCUT2D eigenvalue weighted by atomic mass is 9.54. The van der Waals surface area contributed by atoms with Gasteiger partial charge in [-0.2, -0.15) is 0 Å². The predicted molar refractivity (Wildman–Crippen MR) is 78.8 cm³/mol. The molecule has 3 aliphatic rings. The minimum atomic E-state index is 0.0953. The molecule has 0 amide bonds. The molecular weight excluding hydrogens is 230 g/mol. The van der Waals surface area contributed by atoms with Crippen molar-refractivity contribution in [2.75, 3.05) is 0 Å². The topological polar surface area (TPSA) is 3.24 Å². The van der Waals surface area contributed by atoms with Gasteiger partial charge in [-0.25, -0.2) is 0 Å². The van der Waals surface area contributed by atoms with E-state index in [0.717, 1.165) is 0 Å². The van der Waals surface area contributed by atoms with Gasteiger partial charge >= 0.3 is 0 Å². The quantitative estimate of drug-likeness (QED) is 0.626. The summed E-state index contributed by atoms with van der Waals surface area (Å²) in [6, 6.07) is 9.28. The van der Waals surface area contributed by atoms with Gasteiger partial charge < -0.3 is 4.90 Å². The van der Waals surface area contributed by atoms with Crippen molar-refractivity contribution in [2.24, 2.45) is 0 Å². The van der Waals surface area contributed by atoms with Crippen molar-refractivity contribution in [1.29, 1.82) is 0 Å². The summed E-state index contributed by atoms with van der Waals surface area (Å²) in [4.78, 5) is 2.53. The summed E-state index contributed by atoms with van der Waals surface area (Å²) in [5.74, 6) is 0. The van der Waals surface area contributed by atoms with Gasteiger partial charge in [-0.1, -0.05) is 48.6 Å². The van der Waals surface area contributed by atoms with Crippen LogP contribution in [0.1, 0.15) is 37.9 Å². The lowest BCUT2D eigenvalue weighted by Crippen LogP contribution is -2.64. The first-order valence-corrected chi connectivity index (χ1v) is 7.01. The molecule has 3 atom stereocenters. The lowest BCUT2D eigenvalue weighted by Gasteiger charge is -2.62. The number of hydrogen-bond acceptors (Lipinski definition) is 1. The highest BCUT2D eigenvalue weighted by atomic mass is 15.2. The Kier molecular flexibility index (Phi) is 1.88. The second-order valence-electron chi connectivity index (χ2n) is 6.35. The maximum Gasteiger partial charge on any atom is 0.0736 e. The fourth-order valence-corrected chi connectivity index (χ4v) is 3.87. The third kappa shape index (κ3) is 1.12. The average molecular weight is 249 g/mol. The zero-order chi connectivity index (χ0) is 13.3. The van der Waals surface area contributed by atoms with Crippen LogP contribution >= 0.6 is 0 Å². The lowest BCUT2D eigenvalue weighted by molar-refractivity contribution is 0.0750. The number of benzene rings is 1. The largest absolute Gasteiger partial charge is 0.357 e. The highest BCUT2D eigenvalue weighted by molar-refractivity contribution is 5.56. The van der Waals surface area contributed by atoms with Crippen LogP contribution in [0.5, 0.6) is 0 Å². The van der Waals surface area contributed by atoms with Gasteiger partial charge in [-0.05, 0) is 37.5 Å². The van der Waals surface area contributed by atoms with Crippen LogP contribution in [0.2, 0.25) is 0 Å². The third-order valence-electron chi connectivity index (χ3n) is 5.35. The summed E-state index contributed by atoms with van der Waals surface area (Å²) in [5.41, 5.74) is 4.49. The average Bonchev–Trinajstić information content (AvgIpc) is 2.43. The second kappa shape index (κ2) is 3.22. The standard InChI is InChI=1S/C18H19N/c1-13-8-9-16-14-6-4-5-7-15(14)17(2)10-11-18(17,3)19(16)12-13/h4-12,16H,1-3H3. The van der Waals surface area contributed by atoms with Gasteiger partial charge in [-0.15, -0.1) is 0 Å². The molecule has 0 saturated carbocycles. The van der Waals surface area contributed by atoms with Crippen molar-refractivity contribution in [3.8, 4) is 0 Å². The first kappa shape index (κ1) is 11.1. The number of nitrogens with zero attached hydrogens (tertiary/aromatic N) is 1. The van der Waals surface area contributed by atoms with E-state index in [4.69, 9.17) is 0 Å². The van der Waals surface area contributed by atoms with Crippen LogP contribution in [0.15, 0.2) is 60.3 Å². The van der Waals surface area contributed by atoms with Gasteiger partial charge in [0.2, 0.25) is 0 Å². The van der Waals surface area contributed by atoms with E-state index in [-0.39, 0.29) is 11.0 Å². The SMILES string of the molecule is CC1=CN2C(C=C1)c1ccccc1C1(C)C=CC21C. The van der Waals surface area contributed by atoms with Crippen molar-refractivity contribution in [3.05, 3.63) is 71.5 Å². The Morgan fingerprint density at radius 2 is 1.89 bits per heavy atom.